The van der Waals surface area contributed by atoms with Gasteiger partial charge in [-0.3, -0.25) is 0 Å². The largest absolute Gasteiger partial charge is 0.344 e. The lowest BCUT2D eigenvalue weighted by Crippen LogP contribution is -1.97. The topological polar surface area (TPSA) is 54.7 Å². The van der Waals surface area contributed by atoms with E-state index >= 15 is 0 Å². The molecule has 3 nitrogen and oxygen atoms in total. The summed E-state index contributed by atoms with van der Waals surface area (Å²) >= 11 is 0. The molecule has 0 saturated carbocycles. The van der Waals surface area contributed by atoms with Crippen LogP contribution in [0.25, 0.3) is 11.3 Å². The number of nitrogens with zero attached hydrogens (tertiary/aromatic N) is 1. The van der Waals surface area contributed by atoms with Crippen LogP contribution < -0.4 is 5.73 Å². The van der Waals surface area contributed by atoms with E-state index < -0.39 is 0 Å². The van der Waals surface area contributed by atoms with Gasteiger partial charge in [-0.2, -0.15) is 0 Å². The zero-order chi connectivity index (χ0) is 10.8. The first-order valence-electron chi connectivity index (χ1n) is 5.03. The van der Waals surface area contributed by atoms with E-state index in [1.807, 2.05) is 13.0 Å². The summed E-state index contributed by atoms with van der Waals surface area (Å²) in [6.07, 6.45) is 0. The molecule has 2 rings (SSSR count). The maximum absolute atomic E-state index is 5.55. The molecule has 78 valence electrons. The van der Waals surface area contributed by atoms with Crippen LogP contribution in [0.3, 0.4) is 0 Å². The molecule has 0 aliphatic carbocycles. The van der Waals surface area contributed by atoms with Crippen molar-refractivity contribution in [3.8, 4) is 11.3 Å². The normalized spacial score (nSPS) is 10.6. The van der Waals surface area contributed by atoms with Crippen molar-refractivity contribution in [3.63, 3.8) is 0 Å². The minimum Gasteiger partial charge on any atom is -0.344 e. The molecular weight excluding hydrogens is 186 g/mol. The zero-order valence-corrected chi connectivity index (χ0v) is 9.04. The molecule has 2 aromatic rings. The van der Waals surface area contributed by atoms with E-state index in [0.717, 1.165) is 22.8 Å². The SMILES string of the molecule is Cc1cccc(-c2nc(CN)[nH]c2C)c1. The van der Waals surface area contributed by atoms with Crippen LogP contribution in [0.1, 0.15) is 17.1 Å². The number of nitrogens with two attached hydrogens (primary N) is 1. The van der Waals surface area contributed by atoms with Crippen LogP contribution in [0.15, 0.2) is 24.3 Å². The predicted molar refractivity (Wildman–Crippen MR) is 61.4 cm³/mol. The van der Waals surface area contributed by atoms with Crippen LogP contribution in [0.4, 0.5) is 0 Å². The molecule has 1 heterocycles. The molecule has 0 radical (unpaired) electrons. The number of nitrogens with one attached hydrogen (secondary N) is 1. The third kappa shape index (κ3) is 1.92. The fourth-order valence-electron chi connectivity index (χ4n) is 1.69. The molecule has 0 saturated heterocycles. The Kier molecular flexibility index (Phi) is 2.56. The van der Waals surface area contributed by atoms with Crippen molar-refractivity contribution in [2.24, 2.45) is 5.73 Å². The quantitative estimate of drug-likeness (QED) is 0.782. The Bertz CT molecular complexity index is 471. The second kappa shape index (κ2) is 3.87. The Balaban J connectivity index is 2.48. The lowest BCUT2D eigenvalue weighted by molar-refractivity contribution is 0.944. The van der Waals surface area contributed by atoms with Gasteiger partial charge in [-0.15, -0.1) is 0 Å². The summed E-state index contributed by atoms with van der Waals surface area (Å²) in [6.45, 7) is 4.55. The van der Waals surface area contributed by atoms with E-state index in [9.17, 15) is 0 Å². The summed E-state index contributed by atoms with van der Waals surface area (Å²) in [7, 11) is 0. The number of aromatic amines is 1. The average molecular weight is 201 g/mol. The van der Waals surface area contributed by atoms with E-state index in [4.69, 9.17) is 5.73 Å². The van der Waals surface area contributed by atoms with Gasteiger partial charge in [-0.1, -0.05) is 23.8 Å². The summed E-state index contributed by atoms with van der Waals surface area (Å²) in [5.74, 6) is 0.837. The highest BCUT2D eigenvalue weighted by Gasteiger charge is 2.07. The van der Waals surface area contributed by atoms with E-state index in [-0.39, 0.29) is 0 Å². The molecule has 0 spiro atoms. The van der Waals surface area contributed by atoms with Crippen LogP contribution in [-0.2, 0) is 6.54 Å². The van der Waals surface area contributed by atoms with Gasteiger partial charge in [0.15, 0.2) is 0 Å². The van der Waals surface area contributed by atoms with E-state index in [2.05, 4.69) is 35.1 Å². The van der Waals surface area contributed by atoms with E-state index in [1.165, 1.54) is 5.56 Å². The molecule has 1 aromatic heterocycles. The van der Waals surface area contributed by atoms with Gasteiger partial charge < -0.3 is 10.7 Å². The van der Waals surface area contributed by atoms with Crippen molar-refractivity contribution < 1.29 is 0 Å². The molecule has 0 atom stereocenters. The number of benzene rings is 1. The first-order valence-corrected chi connectivity index (χ1v) is 5.03. The fourth-order valence-corrected chi connectivity index (χ4v) is 1.69. The molecule has 0 fully saturated rings. The monoisotopic (exact) mass is 201 g/mol. The number of hydrogen-bond acceptors (Lipinski definition) is 2. The molecule has 3 N–H and O–H groups in total. The average Bonchev–Trinajstić information content (AvgIpc) is 2.60. The maximum atomic E-state index is 5.55. The van der Waals surface area contributed by atoms with Crippen LogP contribution >= 0.6 is 0 Å². The fraction of sp³-hybridized carbons (Fsp3) is 0.250. The number of aromatic nitrogens is 2. The summed E-state index contributed by atoms with van der Waals surface area (Å²) in [5.41, 5.74) is 10.00. The van der Waals surface area contributed by atoms with Gasteiger partial charge in [0.1, 0.15) is 5.82 Å². The highest BCUT2D eigenvalue weighted by atomic mass is 15.0. The van der Waals surface area contributed by atoms with Crippen molar-refractivity contribution in [3.05, 3.63) is 41.3 Å². The molecule has 0 bridgehead atoms. The van der Waals surface area contributed by atoms with Gasteiger partial charge in [-0.25, -0.2) is 4.98 Å². The van der Waals surface area contributed by atoms with Crippen molar-refractivity contribution >= 4 is 0 Å². The highest BCUT2D eigenvalue weighted by molar-refractivity contribution is 5.62. The third-order valence-corrected chi connectivity index (χ3v) is 2.42. The van der Waals surface area contributed by atoms with Crippen LogP contribution in [0.5, 0.6) is 0 Å². The molecule has 1 aromatic carbocycles. The molecule has 15 heavy (non-hydrogen) atoms. The Hall–Kier alpha value is -1.61. The Morgan fingerprint density at radius 2 is 2.13 bits per heavy atom. The van der Waals surface area contributed by atoms with Gasteiger partial charge in [0.25, 0.3) is 0 Å². The van der Waals surface area contributed by atoms with E-state index in [0.29, 0.717) is 6.54 Å². The smallest absolute Gasteiger partial charge is 0.120 e. The summed E-state index contributed by atoms with van der Waals surface area (Å²) in [6, 6.07) is 8.32. The van der Waals surface area contributed by atoms with Crippen molar-refractivity contribution in [2.75, 3.05) is 0 Å². The van der Waals surface area contributed by atoms with Gasteiger partial charge in [-0.05, 0) is 19.9 Å². The van der Waals surface area contributed by atoms with Crippen LogP contribution in [0, 0.1) is 13.8 Å². The third-order valence-electron chi connectivity index (χ3n) is 2.42. The predicted octanol–water partition coefficient (Wildman–Crippen LogP) is 2.15. The van der Waals surface area contributed by atoms with Crippen LogP contribution in [0.2, 0.25) is 0 Å². The minimum atomic E-state index is 0.451. The Morgan fingerprint density at radius 3 is 2.73 bits per heavy atom. The number of aryl methyl sites for hydroxylation is 2. The van der Waals surface area contributed by atoms with Gasteiger partial charge in [0, 0.05) is 11.3 Å². The molecular formula is C12H15N3. The second-order valence-electron chi connectivity index (χ2n) is 3.73. The summed E-state index contributed by atoms with van der Waals surface area (Å²) < 4.78 is 0. The summed E-state index contributed by atoms with van der Waals surface area (Å²) in [4.78, 5) is 7.64. The number of H-pyrrole nitrogens is 1. The van der Waals surface area contributed by atoms with Gasteiger partial charge in [0.05, 0.1) is 12.2 Å². The van der Waals surface area contributed by atoms with Crippen molar-refractivity contribution in [1.82, 2.24) is 9.97 Å². The Labute approximate surface area is 89.4 Å². The molecule has 3 heteroatoms. The molecule has 0 aliphatic rings. The molecule has 0 amide bonds. The minimum absolute atomic E-state index is 0.451. The first kappa shape index (κ1) is 9.93. The zero-order valence-electron chi connectivity index (χ0n) is 9.04. The molecule has 0 unspecified atom stereocenters. The number of rotatable bonds is 2. The van der Waals surface area contributed by atoms with Gasteiger partial charge in [0.2, 0.25) is 0 Å². The van der Waals surface area contributed by atoms with Crippen molar-refractivity contribution in [1.29, 1.82) is 0 Å². The van der Waals surface area contributed by atoms with E-state index in [1.54, 1.807) is 0 Å². The lowest BCUT2D eigenvalue weighted by atomic mass is 10.1. The first-order chi connectivity index (χ1) is 7.20. The number of hydrogen-bond donors (Lipinski definition) is 2. The van der Waals surface area contributed by atoms with Crippen LogP contribution in [-0.4, -0.2) is 9.97 Å². The highest BCUT2D eigenvalue weighted by Crippen LogP contribution is 2.21. The summed E-state index contributed by atoms with van der Waals surface area (Å²) in [5, 5.41) is 0. The van der Waals surface area contributed by atoms with Gasteiger partial charge >= 0.3 is 0 Å². The van der Waals surface area contributed by atoms with Crippen molar-refractivity contribution in [2.45, 2.75) is 20.4 Å². The lowest BCUT2D eigenvalue weighted by Gasteiger charge is -1.99. The maximum Gasteiger partial charge on any atom is 0.120 e. The standard InChI is InChI=1S/C12H15N3/c1-8-4-3-5-10(6-8)12-9(2)14-11(7-13)15-12/h3-6H,7,13H2,1-2H3,(H,14,15). The number of imidazole rings is 1. The Morgan fingerprint density at radius 1 is 1.33 bits per heavy atom. The molecule has 0 aliphatic heterocycles. The second-order valence-corrected chi connectivity index (χ2v) is 3.73.